The molecule has 0 saturated carbocycles. The first-order chi connectivity index (χ1) is 7.74. The summed E-state index contributed by atoms with van der Waals surface area (Å²) in [6, 6.07) is 4.81. The fourth-order valence-electron chi connectivity index (χ4n) is 1.38. The Morgan fingerprint density at radius 2 is 2.19 bits per heavy atom. The lowest BCUT2D eigenvalue weighted by Crippen LogP contribution is -2.15. The number of rotatable bonds is 7. The summed E-state index contributed by atoms with van der Waals surface area (Å²) < 4.78 is 13.7. The molecule has 1 nitrogen and oxygen atoms in total. The van der Waals surface area contributed by atoms with Crippen LogP contribution in [0.25, 0.3) is 0 Å². The van der Waals surface area contributed by atoms with E-state index in [-0.39, 0.29) is 5.82 Å². The quantitative estimate of drug-likeness (QED) is 0.769. The highest BCUT2D eigenvalue weighted by Crippen LogP contribution is 2.17. The molecule has 0 aromatic heterocycles. The van der Waals surface area contributed by atoms with Gasteiger partial charge in [-0.2, -0.15) is 11.8 Å². The second kappa shape index (κ2) is 8.09. The van der Waals surface area contributed by atoms with Crippen molar-refractivity contribution >= 4 is 27.7 Å². The highest BCUT2D eigenvalue weighted by Gasteiger charge is 2.00. The Bertz CT molecular complexity index is 320. The van der Waals surface area contributed by atoms with E-state index in [4.69, 9.17) is 0 Å². The standard InChI is InChI=1S/C12H17BrFNS/c1-16-7-3-2-6-15-9-10-4-5-11(14)8-12(10)13/h4-5,8,15H,2-3,6-7,9H2,1H3. The second-order valence-corrected chi connectivity index (χ2v) is 5.45. The SMILES string of the molecule is CSCCCCNCc1ccc(F)cc1Br. The van der Waals surface area contributed by atoms with Crippen molar-refractivity contribution in [3.05, 3.63) is 34.1 Å². The normalized spacial score (nSPS) is 10.7. The van der Waals surface area contributed by atoms with Crippen LogP contribution >= 0.6 is 27.7 Å². The minimum atomic E-state index is -0.199. The minimum Gasteiger partial charge on any atom is -0.313 e. The molecule has 1 aromatic rings. The number of nitrogens with one attached hydrogen (secondary N) is 1. The van der Waals surface area contributed by atoms with Crippen molar-refractivity contribution in [1.82, 2.24) is 5.32 Å². The van der Waals surface area contributed by atoms with Crippen LogP contribution in [-0.4, -0.2) is 18.6 Å². The average molecular weight is 306 g/mol. The molecule has 0 bridgehead atoms. The molecule has 0 saturated heterocycles. The molecule has 4 heteroatoms. The molecule has 1 aromatic carbocycles. The molecule has 0 spiro atoms. The van der Waals surface area contributed by atoms with Gasteiger partial charge in [-0.25, -0.2) is 4.39 Å². The monoisotopic (exact) mass is 305 g/mol. The van der Waals surface area contributed by atoms with E-state index in [9.17, 15) is 4.39 Å². The average Bonchev–Trinajstić information content (AvgIpc) is 2.26. The summed E-state index contributed by atoms with van der Waals surface area (Å²) in [5, 5.41) is 3.36. The summed E-state index contributed by atoms with van der Waals surface area (Å²) in [6.07, 6.45) is 4.57. The summed E-state index contributed by atoms with van der Waals surface area (Å²) in [7, 11) is 0. The summed E-state index contributed by atoms with van der Waals surface area (Å²) in [6.45, 7) is 1.81. The van der Waals surface area contributed by atoms with E-state index >= 15 is 0 Å². The molecule has 1 rings (SSSR count). The third kappa shape index (κ3) is 5.32. The van der Waals surface area contributed by atoms with E-state index in [1.165, 1.54) is 30.7 Å². The van der Waals surface area contributed by atoms with Gasteiger partial charge in [0.15, 0.2) is 0 Å². The summed E-state index contributed by atoms with van der Waals surface area (Å²) in [5.74, 6) is 1.03. The van der Waals surface area contributed by atoms with Crippen LogP contribution in [0.15, 0.2) is 22.7 Å². The van der Waals surface area contributed by atoms with E-state index in [0.29, 0.717) is 0 Å². The summed E-state index contributed by atoms with van der Waals surface area (Å²) >= 11 is 5.24. The first kappa shape index (κ1) is 14.0. The predicted molar refractivity (Wildman–Crippen MR) is 73.4 cm³/mol. The molecule has 0 fully saturated rings. The zero-order valence-corrected chi connectivity index (χ0v) is 11.8. The largest absolute Gasteiger partial charge is 0.313 e. The van der Waals surface area contributed by atoms with E-state index < -0.39 is 0 Å². The van der Waals surface area contributed by atoms with Crippen molar-refractivity contribution in [1.29, 1.82) is 0 Å². The molecule has 0 radical (unpaired) electrons. The van der Waals surface area contributed by atoms with Crippen LogP contribution in [0.4, 0.5) is 4.39 Å². The molecule has 0 atom stereocenters. The van der Waals surface area contributed by atoms with E-state index in [2.05, 4.69) is 27.5 Å². The third-order valence-corrected chi connectivity index (χ3v) is 3.72. The van der Waals surface area contributed by atoms with Gasteiger partial charge in [0.1, 0.15) is 5.82 Å². The van der Waals surface area contributed by atoms with Gasteiger partial charge in [0, 0.05) is 11.0 Å². The fraction of sp³-hybridized carbons (Fsp3) is 0.500. The van der Waals surface area contributed by atoms with Crippen LogP contribution in [0.5, 0.6) is 0 Å². The Kier molecular flexibility index (Phi) is 7.08. The van der Waals surface area contributed by atoms with Gasteiger partial charge in [-0.15, -0.1) is 0 Å². The Labute approximate surface area is 109 Å². The molecule has 16 heavy (non-hydrogen) atoms. The fourth-order valence-corrected chi connectivity index (χ4v) is 2.37. The second-order valence-electron chi connectivity index (χ2n) is 3.61. The molecule has 0 aliphatic rings. The Hall–Kier alpha value is -0.0600. The Morgan fingerprint density at radius 3 is 2.88 bits per heavy atom. The van der Waals surface area contributed by atoms with Crippen LogP contribution in [-0.2, 0) is 6.54 Å². The van der Waals surface area contributed by atoms with Gasteiger partial charge in [-0.05, 0) is 49.1 Å². The van der Waals surface area contributed by atoms with Gasteiger partial charge in [-0.3, -0.25) is 0 Å². The lowest BCUT2D eigenvalue weighted by atomic mass is 10.2. The smallest absolute Gasteiger partial charge is 0.124 e. The van der Waals surface area contributed by atoms with Gasteiger partial charge in [-0.1, -0.05) is 22.0 Å². The van der Waals surface area contributed by atoms with E-state index in [0.717, 1.165) is 23.1 Å². The molecule has 0 aliphatic carbocycles. The van der Waals surface area contributed by atoms with Gasteiger partial charge in [0.05, 0.1) is 0 Å². The van der Waals surface area contributed by atoms with Crippen LogP contribution < -0.4 is 5.32 Å². The lowest BCUT2D eigenvalue weighted by Gasteiger charge is -2.06. The zero-order valence-electron chi connectivity index (χ0n) is 9.43. The highest BCUT2D eigenvalue weighted by molar-refractivity contribution is 9.10. The molecule has 0 heterocycles. The number of benzene rings is 1. The first-order valence-electron chi connectivity index (χ1n) is 5.37. The van der Waals surface area contributed by atoms with Gasteiger partial charge >= 0.3 is 0 Å². The maximum Gasteiger partial charge on any atom is 0.124 e. The Morgan fingerprint density at radius 1 is 1.38 bits per heavy atom. The molecule has 0 unspecified atom stereocenters. The third-order valence-electron chi connectivity index (χ3n) is 2.28. The number of unbranched alkanes of at least 4 members (excludes halogenated alkanes) is 1. The minimum absolute atomic E-state index is 0.199. The molecule has 90 valence electrons. The van der Waals surface area contributed by atoms with E-state index in [1.54, 1.807) is 0 Å². The molecule has 1 N–H and O–H groups in total. The van der Waals surface area contributed by atoms with Crippen LogP contribution in [0.2, 0.25) is 0 Å². The molecule has 0 aliphatic heterocycles. The van der Waals surface area contributed by atoms with E-state index in [1.807, 2.05) is 17.8 Å². The number of thioether (sulfide) groups is 1. The molecular weight excluding hydrogens is 289 g/mol. The number of hydrogen-bond donors (Lipinski definition) is 1. The first-order valence-corrected chi connectivity index (χ1v) is 7.56. The molecular formula is C12H17BrFNS. The summed E-state index contributed by atoms with van der Waals surface area (Å²) in [4.78, 5) is 0. The van der Waals surface area contributed by atoms with Gasteiger partial charge < -0.3 is 5.32 Å². The maximum atomic E-state index is 12.8. The summed E-state index contributed by atoms with van der Waals surface area (Å²) in [5.41, 5.74) is 1.10. The maximum absolute atomic E-state index is 12.8. The molecule has 0 amide bonds. The Balaban J connectivity index is 2.21. The topological polar surface area (TPSA) is 12.0 Å². The van der Waals surface area contributed by atoms with Crippen molar-refractivity contribution in [2.75, 3.05) is 18.6 Å². The van der Waals surface area contributed by atoms with Crippen molar-refractivity contribution in [2.24, 2.45) is 0 Å². The van der Waals surface area contributed by atoms with Gasteiger partial charge in [0.25, 0.3) is 0 Å². The number of hydrogen-bond acceptors (Lipinski definition) is 2. The lowest BCUT2D eigenvalue weighted by molar-refractivity contribution is 0.620. The highest BCUT2D eigenvalue weighted by atomic mass is 79.9. The van der Waals surface area contributed by atoms with Gasteiger partial charge in [0.2, 0.25) is 0 Å². The van der Waals surface area contributed by atoms with Crippen LogP contribution in [0, 0.1) is 5.82 Å². The van der Waals surface area contributed by atoms with Crippen molar-refractivity contribution < 1.29 is 4.39 Å². The van der Waals surface area contributed by atoms with Crippen LogP contribution in [0.3, 0.4) is 0 Å². The van der Waals surface area contributed by atoms with Crippen molar-refractivity contribution in [2.45, 2.75) is 19.4 Å². The van der Waals surface area contributed by atoms with Crippen molar-refractivity contribution in [3.8, 4) is 0 Å². The number of halogens is 2. The van der Waals surface area contributed by atoms with Crippen molar-refractivity contribution in [3.63, 3.8) is 0 Å². The van der Waals surface area contributed by atoms with Crippen LogP contribution in [0.1, 0.15) is 18.4 Å². The predicted octanol–water partition coefficient (Wildman–Crippen LogP) is 3.82. The zero-order chi connectivity index (χ0) is 11.8.